The Labute approximate surface area is 208 Å². The van der Waals surface area contributed by atoms with Crippen molar-refractivity contribution in [3.63, 3.8) is 0 Å². The standard InChI is InChI=1S/C24H20ClFN4O4S/c1-13-20-23(35-21(13)22(32)29-15-7-8-17(26)16(25)9-15)28-12-30(24(20)33)11-19(31)27-10-14-5-3-4-6-18(14)34-2/h3-9,12H,10-11H2,1-2H3,(H,27,31)(H,29,32). The van der Waals surface area contributed by atoms with E-state index in [-0.39, 0.29) is 34.3 Å². The normalized spacial score (nSPS) is 10.9. The van der Waals surface area contributed by atoms with Gasteiger partial charge in [0, 0.05) is 17.8 Å². The molecule has 0 radical (unpaired) electrons. The van der Waals surface area contributed by atoms with Crippen LogP contribution in [0.5, 0.6) is 5.75 Å². The molecule has 2 amide bonds. The highest BCUT2D eigenvalue weighted by molar-refractivity contribution is 7.20. The maximum absolute atomic E-state index is 13.4. The Kier molecular flexibility index (Phi) is 7.13. The Morgan fingerprint density at radius 1 is 1.23 bits per heavy atom. The third-order valence-corrected chi connectivity index (χ3v) is 6.77. The van der Waals surface area contributed by atoms with E-state index in [2.05, 4.69) is 15.6 Å². The molecular formula is C24H20ClFN4O4S. The molecule has 0 saturated carbocycles. The van der Waals surface area contributed by atoms with E-state index in [4.69, 9.17) is 16.3 Å². The molecule has 0 bridgehead atoms. The second-order valence-corrected chi connectivity index (χ2v) is 8.99. The van der Waals surface area contributed by atoms with Crippen LogP contribution in [0.4, 0.5) is 10.1 Å². The highest BCUT2D eigenvalue weighted by Crippen LogP contribution is 2.28. The summed E-state index contributed by atoms with van der Waals surface area (Å²) in [4.78, 5) is 43.3. The van der Waals surface area contributed by atoms with Crippen LogP contribution < -0.4 is 20.9 Å². The number of aromatic nitrogens is 2. The maximum atomic E-state index is 13.4. The van der Waals surface area contributed by atoms with Crippen molar-refractivity contribution >= 4 is 50.7 Å². The molecule has 0 atom stereocenters. The van der Waals surface area contributed by atoms with Gasteiger partial charge in [0.25, 0.3) is 11.5 Å². The van der Waals surface area contributed by atoms with Crippen molar-refractivity contribution < 1.29 is 18.7 Å². The molecule has 0 spiro atoms. The van der Waals surface area contributed by atoms with Gasteiger partial charge in [-0.1, -0.05) is 29.8 Å². The van der Waals surface area contributed by atoms with Crippen LogP contribution in [-0.2, 0) is 17.9 Å². The second-order valence-electron chi connectivity index (χ2n) is 7.59. The Hall–Kier alpha value is -3.76. The summed E-state index contributed by atoms with van der Waals surface area (Å²) < 4.78 is 19.9. The monoisotopic (exact) mass is 514 g/mol. The number of carbonyl (C=O) groups is 2. The van der Waals surface area contributed by atoms with E-state index in [9.17, 15) is 18.8 Å². The van der Waals surface area contributed by atoms with E-state index in [1.165, 1.54) is 23.0 Å². The predicted octanol–water partition coefficient (Wildman–Crippen LogP) is 4.14. The molecular weight excluding hydrogens is 495 g/mol. The minimum absolute atomic E-state index is 0.121. The van der Waals surface area contributed by atoms with E-state index in [1.807, 2.05) is 18.2 Å². The van der Waals surface area contributed by atoms with E-state index in [0.717, 1.165) is 23.0 Å². The van der Waals surface area contributed by atoms with Gasteiger partial charge in [-0.15, -0.1) is 11.3 Å². The lowest BCUT2D eigenvalue weighted by Gasteiger charge is -2.10. The topological polar surface area (TPSA) is 102 Å². The number of para-hydroxylation sites is 1. The number of ether oxygens (including phenoxy) is 1. The number of aryl methyl sites for hydroxylation is 1. The summed E-state index contributed by atoms with van der Waals surface area (Å²) in [6.45, 7) is 1.64. The fourth-order valence-corrected chi connectivity index (χ4v) is 4.72. The minimum Gasteiger partial charge on any atom is -0.496 e. The molecule has 4 aromatic rings. The van der Waals surface area contributed by atoms with Crippen LogP contribution in [0.2, 0.25) is 5.02 Å². The molecule has 2 heterocycles. The van der Waals surface area contributed by atoms with Gasteiger partial charge in [-0.05, 0) is 36.8 Å². The highest BCUT2D eigenvalue weighted by Gasteiger charge is 2.20. The van der Waals surface area contributed by atoms with E-state index in [1.54, 1.807) is 20.1 Å². The Morgan fingerprint density at radius 3 is 2.74 bits per heavy atom. The van der Waals surface area contributed by atoms with E-state index >= 15 is 0 Å². The number of rotatable bonds is 7. The first-order valence-corrected chi connectivity index (χ1v) is 11.6. The Morgan fingerprint density at radius 2 is 2.00 bits per heavy atom. The third-order valence-electron chi connectivity index (χ3n) is 5.28. The van der Waals surface area contributed by atoms with Gasteiger partial charge < -0.3 is 15.4 Å². The molecule has 8 nitrogen and oxygen atoms in total. The maximum Gasteiger partial charge on any atom is 0.266 e. The molecule has 0 aliphatic heterocycles. The van der Waals surface area contributed by atoms with Crippen molar-refractivity contribution in [3.8, 4) is 5.75 Å². The fraction of sp³-hybridized carbons (Fsp3) is 0.167. The predicted molar refractivity (Wildman–Crippen MR) is 133 cm³/mol. The van der Waals surface area contributed by atoms with Gasteiger partial charge in [-0.3, -0.25) is 19.0 Å². The first-order chi connectivity index (χ1) is 16.8. The number of thiophene rings is 1. The molecule has 35 heavy (non-hydrogen) atoms. The number of methoxy groups -OCH3 is 1. The number of benzene rings is 2. The van der Waals surface area contributed by atoms with Crippen LogP contribution in [0.1, 0.15) is 20.8 Å². The number of nitrogens with zero attached hydrogens (tertiary/aromatic N) is 2. The highest BCUT2D eigenvalue weighted by atomic mass is 35.5. The number of hydrogen-bond donors (Lipinski definition) is 2. The molecule has 0 unspecified atom stereocenters. The number of fused-ring (bicyclic) bond motifs is 1. The van der Waals surface area contributed by atoms with Gasteiger partial charge in [0.1, 0.15) is 22.9 Å². The van der Waals surface area contributed by atoms with E-state index in [0.29, 0.717) is 21.8 Å². The third kappa shape index (κ3) is 5.18. The van der Waals surface area contributed by atoms with E-state index < -0.39 is 17.3 Å². The Balaban J connectivity index is 1.52. The lowest BCUT2D eigenvalue weighted by molar-refractivity contribution is -0.121. The first kappa shape index (κ1) is 24.4. The van der Waals surface area contributed by atoms with Crippen molar-refractivity contribution in [1.82, 2.24) is 14.9 Å². The number of halogens is 2. The zero-order chi connectivity index (χ0) is 25.1. The minimum atomic E-state index is -0.598. The molecule has 11 heteroatoms. The van der Waals surface area contributed by atoms with Gasteiger partial charge in [-0.25, -0.2) is 9.37 Å². The van der Waals surface area contributed by atoms with Crippen molar-refractivity contribution in [3.05, 3.63) is 86.0 Å². The van der Waals surface area contributed by atoms with Crippen LogP contribution in [0.15, 0.2) is 53.6 Å². The van der Waals surface area contributed by atoms with Crippen LogP contribution in [0.3, 0.4) is 0 Å². The first-order valence-electron chi connectivity index (χ1n) is 10.4. The van der Waals surface area contributed by atoms with Gasteiger partial charge in [0.2, 0.25) is 5.91 Å². The fourth-order valence-electron chi connectivity index (χ4n) is 3.50. The number of nitrogens with one attached hydrogen (secondary N) is 2. The lowest BCUT2D eigenvalue weighted by Crippen LogP contribution is -2.32. The number of anilines is 1. The molecule has 180 valence electrons. The quantitative estimate of drug-likeness (QED) is 0.386. The summed E-state index contributed by atoms with van der Waals surface area (Å²) in [5.41, 5.74) is 1.13. The average Bonchev–Trinajstić information content (AvgIpc) is 3.19. The summed E-state index contributed by atoms with van der Waals surface area (Å²) in [6, 6.07) is 11.1. The SMILES string of the molecule is COc1ccccc1CNC(=O)Cn1cnc2sc(C(=O)Nc3ccc(F)c(Cl)c3)c(C)c2c1=O. The van der Waals surface area contributed by atoms with Gasteiger partial charge in [0.15, 0.2) is 0 Å². The second kappa shape index (κ2) is 10.2. The molecule has 0 saturated heterocycles. The zero-order valence-corrected chi connectivity index (χ0v) is 20.3. The summed E-state index contributed by atoms with van der Waals surface area (Å²) in [6.07, 6.45) is 1.28. The molecule has 0 aliphatic rings. The number of amides is 2. The summed E-state index contributed by atoms with van der Waals surface area (Å²) in [7, 11) is 1.55. The van der Waals surface area contributed by atoms with Crippen molar-refractivity contribution in [2.45, 2.75) is 20.0 Å². The van der Waals surface area contributed by atoms with Crippen LogP contribution in [0, 0.1) is 12.7 Å². The summed E-state index contributed by atoms with van der Waals surface area (Å²) in [5.74, 6) is -0.804. The van der Waals surface area contributed by atoms with Crippen molar-refractivity contribution in [2.24, 2.45) is 0 Å². The van der Waals surface area contributed by atoms with Crippen LogP contribution in [0.25, 0.3) is 10.2 Å². The largest absolute Gasteiger partial charge is 0.496 e. The summed E-state index contributed by atoms with van der Waals surface area (Å²) >= 11 is 6.83. The Bertz CT molecular complexity index is 1500. The molecule has 0 fully saturated rings. The van der Waals surface area contributed by atoms with Crippen LogP contribution >= 0.6 is 22.9 Å². The number of carbonyl (C=O) groups excluding carboxylic acids is 2. The molecule has 4 rings (SSSR count). The zero-order valence-electron chi connectivity index (χ0n) is 18.7. The van der Waals surface area contributed by atoms with Crippen molar-refractivity contribution in [1.29, 1.82) is 0 Å². The molecule has 2 aromatic heterocycles. The molecule has 2 N–H and O–H groups in total. The smallest absolute Gasteiger partial charge is 0.266 e. The van der Waals surface area contributed by atoms with Gasteiger partial charge in [0.05, 0.1) is 28.7 Å². The van der Waals surface area contributed by atoms with Crippen LogP contribution in [-0.4, -0.2) is 28.5 Å². The molecule has 0 aliphatic carbocycles. The van der Waals surface area contributed by atoms with Gasteiger partial charge in [-0.2, -0.15) is 0 Å². The number of hydrogen-bond acceptors (Lipinski definition) is 6. The lowest BCUT2D eigenvalue weighted by atomic mass is 10.2. The van der Waals surface area contributed by atoms with Gasteiger partial charge >= 0.3 is 0 Å². The molecule has 2 aromatic carbocycles. The van der Waals surface area contributed by atoms with Crippen molar-refractivity contribution in [2.75, 3.05) is 12.4 Å². The average molecular weight is 515 g/mol. The summed E-state index contributed by atoms with van der Waals surface area (Å²) in [5, 5.41) is 5.55.